The normalized spacial score (nSPS) is 25.6. The molecule has 0 bridgehead atoms. The number of nitrogens with one attached hydrogen (secondary N) is 1. The zero-order chi connectivity index (χ0) is 15.3. The van der Waals surface area contributed by atoms with Crippen LogP contribution in [0.4, 0.5) is 5.69 Å². The van der Waals surface area contributed by atoms with Crippen LogP contribution in [-0.2, 0) is 9.53 Å². The van der Waals surface area contributed by atoms with E-state index in [1.807, 2.05) is 30.3 Å². The molecule has 1 aromatic rings. The van der Waals surface area contributed by atoms with Crippen molar-refractivity contribution in [3.8, 4) is 0 Å². The van der Waals surface area contributed by atoms with Crippen molar-refractivity contribution in [3.05, 3.63) is 30.3 Å². The third kappa shape index (κ3) is 3.99. The number of para-hydroxylation sites is 1. The number of carbonyl (C=O) groups excluding carboxylic acids is 1. The first-order chi connectivity index (χ1) is 10.1. The third-order valence-electron chi connectivity index (χ3n) is 4.39. The van der Waals surface area contributed by atoms with Crippen LogP contribution in [0.15, 0.2) is 30.3 Å². The van der Waals surface area contributed by atoms with Gasteiger partial charge >= 0.3 is 5.97 Å². The Morgan fingerprint density at radius 2 is 2.10 bits per heavy atom. The molecule has 0 spiro atoms. The van der Waals surface area contributed by atoms with Gasteiger partial charge in [-0.2, -0.15) is 0 Å². The average molecular weight is 289 g/mol. The summed E-state index contributed by atoms with van der Waals surface area (Å²) >= 11 is 0. The lowest BCUT2D eigenvalue weighted by Gasteiger charge is -2.40. The number of esters is 1. The Morgan fingerprint density at radius 3 is 2.71 bits per heavy atom. The van der Waals surface area contributed by atoms with Gasteiger partial charge in [0.2, 0.25) is 0 Å². The molecule has 0 saturated heterocycles. The molecular formula is C18H27NO2. The fraction of sp³-hybridized carbons (Fsp3) is 0.611. The minimum absolute atomic E-state index is 0.125. The van der Waals surface area contributed by atoms with Crippen molar-refractivity contribution in [2.75, 3.05) is 12.4 Å². The summed E-state index contributed by atoms with van der Waals surface area (Å²) in [5, 5.41) is 3.47. The van der Waals surface area contributed by atoms with E-state index < -0.39 is 5.54 Å². The van der Waals surface area contributed by atoms with Crippen LogP contribution in [0.5, 0.6) is 0 Å². The number of anilines is 1. The summed E-state index contributed by atoms with van der Waals surface area (Å²) in [6.07, 6.45) is 5.19. The lowest BCUT2D eigenvalue weighted by Crippen LogP contribution is -2.50. The van der Waals surface area contributed by atoms with Crippen molar-refractivity contribution in [1.29, 1.82) is 0 Å². The van der Waals surface area contributed by atoms with Crippen LogP contribution < -0.4 is 5.32 Å². The minimum Gasteiger partial charge on any atom is -0.467 e. The molecule has 1 aromatic carbocycles. The highest BCUT2D eigenvalue weighted by molar-refractivity contribution is 5.84. The Kier molecular flexibility index (Phi) is 5.27. The first kappa shape index (κ1) is 15.9. The molecule has 1 fully saturated rings. The Morgan fingerprint density at radius 1 is 1.38 bits per heavy atom. The summed E-state index contributed by atoms with van der Waals surface area (Å²) < 4.78 is 5.12. The molecule has 0 aliphatic heterocycles. The smallest absolute Gasteiger partial charge is 0.331 e. The Labute approximate surface area is 128 Å². The number of benzene rings is 1. The van der Waals surface area contributed by atoms with E-state index in [2.05, 4.69) is 19.2 Å². The number of carbonyl (C=O) groups is 1. The third-order valence-corrected chi connectivity index (χ3v) is 4.39. The highest BCUT2D eigenvalue weighted by Gasteiger charge is 2.43. The molecule has 3 nitrogen and oxygen atoms in total. The van der Waals surface area contributed by atoms with Gasteiger partial charge in [0.1, 0.15) is 5.54 Å². The number of hydrogen-bond acceptors (Lipinski definition) is 3. The molecule has 0 aromatic heterocycles. The molecule has 2 unspecified atom stereocenters. The zero-order valence-electron chi connectivity index (χ0n) is 13.4. The van der Waals surface area contributed by atoms with Gasteiger partial charge in [-0.25, -0.2) is 4.79 Å². The van der Waals surface area contributed by atoms with Crippen LogP contribution in [-0.4, -0.2) is 18.6 Å². The topological polar surface area (TPSA) is 38.3 Å². The fourth-order valence-corrected chi connectivity index (χ4v) is 3.60. The van der Waals surface area contributed by atoms with E-state index in [9.17, 15) is 4.79 Å². The van der Waals surface area contributed by atoms with Gasteiger partial charge in [-0.15, -0.1) is 0 Å². The van der Waals surface area contributed by atoms with Crippen molar-refractivity contribution in [2.24, 2.45) is 11.8 Å². The lowest BCUT2D eigenvalue weighted by molar-refractivity contribution is -0.148. The van der Waals surface area contributed by atoms with Crippen molar-refractivity contribution in [2.45, 2.75) is 51.5 Å². The van der Waals surface area contributed by atoms with Crippen LogP contribution in [0.25, 0.3) is 0 Å². The molecule has 0 amide bonds. The predicted molar refractivity (Wildman–Crippen MR) is 86.2 cm³/mol. The van der Waals surface area contributed by atoms with Crippen molar-refractivity contribution in [1.82, 2.24) is 0 Å². The van der Waals surface area contributed by atoms with Crippen molar-refractivity contribution < 1.29 is 9.53 Å². The summed E-state index contributed by atoms with van der Waals surface area (Å²) in [7, 11) is 1.49. The molecular weight excluding hydrogens is 262 g/mol. The van der Waals surface area contributed by atoms with Crippen LogP contribution in [0, 0.1) is 11.8 Å². The number of methoxy groups -OCH3 is 1. The Bertz CT molecular complexity index is 458. The molecule has 1 aliphatic carbocycles. The van der Waals surface area contributed by atoms with E-state index in [0.717, 1.165) is 24.9 Å². The SMILES string of the molecule is COC(=O)C1(Nc2ccccc2)CCCC(CC(C)C)C1. The van der Waals surface area contributed by atoms with Gasteiger partial charge in [0.25, 0.3) is 0 Å². The van der Waals surface area contributed by atoms with Crippen LogP contribution >= 0.6 is 0 Å². The molecule has 1 N–H and O–H groups in total. The van der Waals surface area contributed by atoms with E-state index >= 15 is 0 Å². The number of ether oxygens (including phenoxy) is 1. The average Bonchev–Trinajstić information content (AvgIpc) is 2.47. The highest BCUT2D eigenvalue weighted by atomic mass is 16.5. The molecule has 2 rings (SSSR count). The monoisotopic (exact) mass is 289 g/mol. The van der Waals surface area contributed by atoms with Gasteiger partial charge in [0.05, 0.1) is 7.11 Å². The summed E-state index contributed by atoms with van der Waals surface area (Å²) in [5.74, 6) is 1.13. The van der Waals surface area contributed by atoms with E-state index in [0.29, 0.717) is 11.8 Å². The van der Waals surface area contributed by atoms with Gasteiger partial charge in [-0.1, -0.05) is 44.9 Å². The molecule has 21 heavy (non-hydrogen) atoms. The second kappa shape index (κ2) is 6.97. The van der Waals surface area contributed by atoms with Gasteiger partial charge < -0.3 is 10.1 Å². The van der Waals surface area contributed by atoms with Crippen molar-refractivity contribution in [3.63, 3.8) is 0 Å². The standard InChI is InChI=1S/C18H27NO2/c1-14(2)12-15-8-7-11-18(13-15,17(20)21-3)19-16-9-5-4-6-10-16/h4-6,9-10,14-15,19H,7-8,11-13H2,1-3H3. The van der Waals surface area contributed by atoms with Gasteiger partial charge in [-0.05, 0) is 43.2 Å². The van der Waals surface area contributed by atoms with Gasteiger partial charge in [0, 0.05) is 5.69 Å². The molecule has 1 saturated carbocycles. The maximum absolute atomic E-state index is 12.4. The predicted octanol–water partition coefficient (Wildman–Crippen LogP) is 4.25. The molecule has 0 radical (unpaired) electrons. The fourth-order valence-electron chi connectivity index (χ4n) is 3.60. The van der Waals surface area contributed by atoms with E-state index in [1.54, 1.807) is 0 Å². The van der Waals surface area contributed by atoms with Gasteiger partial charge in [-0.3, -0.25) is 0 Å². The Hall–Kier alpha value is -1.51. The quantitative estimate of drug-likeness (QED) is 0.824. The van der Waals surface area contributed by atoms with Crippen LogP contribution in [0.1, 0.15) is 46.0 Å². The number of rotatable bonds is 5. The first-order valence-corrected chi connectivity index (χ1v) is 7.97. The van der Waals surface area contributed by atoms with Crippen LogP contribution in [0.3, 0.4) is 0 Å². The molecule has 2 atom stereocenters. The lowest BCUT2D eigenvalue weighted by atomic mass is 9.73. The van der Waals surface area contributed by atoms with E-state index in [4.69, 9.17) is 4.74 Å². The summed E-state index contributed by atoms with van der Waals surface area (Å²) in [5.41, 5.74) is 0.432. The van der Waals surface area contributed by atoms with E-state index in [-0.39, 0.29) is 5.97 Å². The maximum Gasteiger partial charge on any atom is 0.331 e. The Balaban J connectivity index is 2.18. The number of hydrogen-bond donors (Lipinski definition) is 1. The van der Waals surface area contributed by atoms with Gasteiger partial charge in [0.15, 0.2) is 0 Å². The van der Waals surface area contributed by atoms with Crippen LogP contribution in [0.2, 0.25) is 0 Å². The van der Waals surface area contributed by atoms with E-state index in [1.165, 1.54) is 20.0 Å². The summed E-state index contributed by atoms with van der Waals surface area (Å²) in [6.45, 7) is 4.50. The summed E-state index contributed by atoms with van der Waals surface area (Å²) in [4.78, 5) is 12.4. The zero-order valence-corrected chi connectivity index (χ0v) is 13.4. The molecule has 3 heteroatoms. The maximum atomic E-state index is 12.4. The summed E-state index contributed by atoms with van der Waals surface area (Å²) in [6, 6.07) is 9.98. The highest BCUT2D eigenvalue weighted by Crippen LogP contribution is 2.38. The largest absolute Gasteiger partial charge is 0.467 e. The molecule has 0 heterocycles. The second-order valence-electron chi connectivity index (χ2n) is 6.66. The van der Waals surface area contributed by atoms with Crippen molar-refractivity contribution >= 4 is 11.7 Å². The first-order valence-electron chi connectivity index (χ1n) is 7.97. The second-order valence-corrected chi connectivity index (χ2v) is 6.66. The molecule has 116 valence electrons. The molecule has 1 aliphatic rings. The minimum atomic E-state index is -0.562.